The molecule has 0 bridgehead atoms. The Balaban J connectivity index is 2.26. The molecule has 1 aromatic rings. The molecule has 1 rings (SSSR count). The van der Waals surface area contributed by atoms with Crippen LogP contribution in [-0.2, 0) is 16.0 Å². The lowest BCUT2D eigenvalue weighted by Gasteiger charge is -2.02. The van der Waals surface area contributed by atoms with E-state index in [0.717, 1.165) is 18.5 Å². The largest absolute Gasteiger partial charge is 0.466 e. The maximum absolute atomic E-state index is 11.0. The summed E-state index contributed by atoms with van der Waals surface area (Å²) in [6.07, 6.45) is 2.19. The van der Waals surface area contributed by atoms with Crippen LogP contribution in [0.4, 0.5) is 5.69 Å². The summed E-state index contributed by atoms with van der Waals surface area (Å²) in [6, 6.07) is 7.72. The Kier molecular flexibility index (Phi) is 4.68. The average molecular weight is 207 g/mol. The zero-order valence-electron chi connectivity index (χ0n) is 9.03. The molecule has 0 aliphatic heterocycles. The fourth-order valence-corrected chi connectivity index (χ4v) is 1.35. The molecule has 0 heterocycles. The van der Waals surface area contributed by atoms with Crippen molar-refractivity contribution < 1.29 is 9.53 Å². The van der Waals surface area contributed by atoms with Crippen LogP contribution < -0.4 is 5.73 Å². The van der Waals surface area contributed by atoms with Crippen molar-refractivity contribution in [1.29, 1.82) is 0 Å². The second-order valence-electron chi connectivity index (χ2n) is 3.40. The molecule has 3 heteroatoms. The molecule has 1 aromatic carbocycles. The summed E-state index contributed by atoms with van der Waals surface area (Å²) in [5, 5.41) is 0. The van der Waals surface area contributed by atoms with E-state index in [1.54, 1.807) is 0 Å². The molecule has 0 radical (unpaired) electrons. The maximum Gasteiger partial charge on any atom is 0.305 e. The van der Waals surface area contributed by atoms with Gasteiger partial charge in [0.1, 0.15) is 0 Å². The molecule has 82 valence electrons. The minimum atomic E-state index is -0.118. The maximum atomic E-state index is 11.0. The molecule has 3 nitrogen and oxygen atoms in total. The first kappa shape index (κ1) is 11.6. The highest BCUT2D eigenvalue weighted by molar-refractivity contribution is 5.69. The number of esters is 1. The third kappa shape index (κ3) is 4.49. The fraction of sp³-hybridized carbons (Fsp3) is 0.417. The number of hydrogen-bond acceptors (Lipinski definition) is 3. The van der Waals surface area contributed by atoms with Gasteiger partial charge in [-0.1, -0.05) is 12.1 Å². The summed E-state index contributed by atoms with van der Waals surface area (Å²) in [7, 11) is 0. The monoisotopic (exact) mass is 207 g/mol. The number of carbonyl (C=O) groups excluding carboxylic acids is 1. The predicted molar refractivity (Wildman–Crippen MR) is 60.4 cm³/mol. The van der Waals surface area contributed by atoms with Crippen molar-refractivity contribution in [2.75, 3.05) is 12.3 Å². The number of aryl methyl sites for hydroxylation is 1. The van der Waals surface area contributed by atoms with Crippen molar-refractivity contribution in [2.24, 2.45) is 0 Å². The lowest BCUT2D eigenvalue weighted by Crippen LogP contribution is -2.03. The third-order valence-corrected chi connectivity index (χ3v) is 2.13. The first-order valence-corrected chi connectivity index (χ1v) is 5.22. The zero-order valence-corrected chi connectivity index (χ0v) is 9.03. The number of nitrogen functional groups attached to an aromatic ring is 1. The molecular weight excluding hydrogens is 190 g/mol. The third-order valence-electron chi connectivity index (χ3n) is 2.13. The second-order valence-corrected chi connectivity index (χ2v) is 3.40. The standard InChI is InChI=1S/C12H17NO2/c1-2-15-12(14)5-3-4-10-6-8-11(13)9-7-10/h6-9H,2-5,13H2,1H3. The summed E-state index contributed by atoms with van der Waals surface area (Å²) in [4.78, 5) is 11.0. The van der Waals surface area contributed by atoms with E-state index in [0.29, 0.717) is 13.0 Å². The summed E-state index contributed by atoms with van der Waals surface area (Å²) in [6.45, 7) is 2.28. The van der Waals surface area contributed by atoms with E-state index in [1.165, 1.54) is 5.56 Å². The lowest BCUT2D eigenvalue weighted by atomic mass is 10.1. The number of ether oxygens (including phenoxy) is 1. The van der Waals surface area contributed by atoms with Crippen LogP contribution in [0, 0.1) is 0 Å². The minimum Gasteiger partial charge on any atom is -0.466 e. The van der Waals surface area contributed by atoms with Gasteiger partial charge in [-0.05, 0) is 37.5 Å². The van der Waals surface area contributed by atoms with E-state index < -0.39 is 0 Å². The summed E-state index contributed by atoms with van der Waals surface area (Å²) in [5.41, 5.74) is 7.54. The van der Waals surface area contributed by atoms with Crippen LogP contribution in [0.2, 0.25) is 0 Å². The molecule has 0 saturated carbocycles. The van der Waals surface area contributed by atoms with E-state index in [4.69, 9.17) is 10.5 Å². The van der Waals surface area contributed by atoms with Gasteiger partial charge >= 0.3 is 5.97 Å². The molecule has 0 fully saturated rings. The van der Waals surface area contributed by atoms with Crippen molar-refractivity contribution in [2.45, 2.75) is 26.2 Å². The molecule has 0 aliphatic carbocycles. The molecule has 0 unspecified atom stereocenters. The highest BCUT2D eigenvalue weighted by Gasteiger charge is 2.01. The van der Waals surface area contributed by atoms with Crippen LogP contribution in [0.1, 0.15) is 25.3 Å². The average Bonchev–Trinajstić information content (AvgIpc) is 2.21. The van der Waals surface area contributed by atoms with Gasteiger partial charge in [0, 0.05) is 12.1 Å². The second kappa shape index (κ2) is 6.06. The van der Waals surface area contributed by atoms with Gasteiger partial charge in [-0.25, -0.2) is 0 Å². The Labute approximate surface area is 90.2 Å². The van der Waals surface area contributed by atoms with Gasteiger partial charge in [0.2, 0.25) is 0 Å². The molecule has 0 spiro atoms. The first-order chi connectivity index (χ1) is 7.22. The zero-order chi connectivity index (χ0) is 11.1. The Bertz CT molecular complexity index is 306. The molecule has 0 amide bonds. The highest BCUT2D eigenvalue weighted by Crippen LogP contribution is 2.09. The van der Waals surface area contributed by atoms with Gasteiger partial charge in [0.15, 0.2) is 0 Å². The van der Waals surface area contributed by atoms with Crippen LogP contribution in [-0.4, -0.2) is 12.6 Å². The number of nitrogens with two attached hydrogens (primary N) is 1. The van der Waals surface area contributed by atoms with E-state index in [2.05, 4.69) is 0 Å². The number of hydrogen-bond donors (Lipinski definition) is 1. The Morgan fingerprint density at radius 2 is 2.00 bits per heavy atom. The van der Waals surface area contributed by atoms with Crippen LogP contribution in [0.3, 0.4) is 0 Å². The van der Waals surface area contributed by atoms with Crippen molar-refractivity contribution in [3.05, 3.63) is 29.8 Å². The topological polar surface area (TPSA) is 52.3 Å². The van der Waals surface area contributed by atoms with Gasteiger partial charge < -0.3 is 10.5 Å². The predicted octanol–water partition coefficient (Wildman–Crippen LogP) is 2.15. The first-order valence-electron chi connectivity index (χ1n) is 5.22. The van der Waals surface area contributed by atoms with Crippen molar-refractivity contribution in [3.63, 3.8) is 0 Å². The van der Waals surface area contributed by atoms with Crippen LogP contribution in [0.25, 0.3) is 0 Å². The fourth-order valence-electron chi connectivity index (χ4n) is 1.35. The van der Waals surface area contributed by atoms with Crippen molar-refractivity contribution >= 4 is 11.7 Å². The van der Waals surface area contributed by atoms with E-state index in [9.17, 15) is 4.79 Å². The summed E-state index contributed by atoms with van der Waals surface area (Å²) >= 11 is 0. The van der Waals surface area contributed by atoms with E-state index in [-0.39, 0.29) is 5.97 Å². The lowest BCUT2D eigenvalue weighted by molar-refractivity contribution is -0.143. The molecular formula is C12H17NO2. The molecule has 0 atom stereocenters. The van der Waals surface area contributed by atoms with Gasteiger partial charge in [0.25, 0.3) is 0 Å². The smallest absolute Gasteiger partial charge is 0.305 e. The van der Waals surface area contributed by atoms with Gasteiger partial charge in [0.05, 0.1) is 6.61 Å². The van der Waals surface area contributed by atoms with Crippen molar-refractivity contribution in [3.8, 4) is 0 Å². The Hall–Kier alpha value is -1.51. The quantitative estimate of drug-likeness (QED) is 0.594. The summed E-state index contributed by atoms with van der Waals surface area (Å²) < 4.78 is 4.84. The number of anilines is 1. The molecule has 2 N–H and O–H groups in total. The Morgan fingerprint density at radius 3 is 2.60 bits per heavy atom. The number of benzene rings is 1. The van der Waals surface area contributed by atoms with Gasteiger partial charge in [-0.15, -0.1) is 0 Å². The SMILES string of the molecule is CCOC(=O)CCCc1ccc(N)cc1. The number of rotatable bonds is 5. The van der Waals surface area contributed by atoms with E-state index in [1.807, 2.05) is 31.2 Å². The molecule has 0 aromatic heterocycles. The van der Waals surface area contributed by atoms with Crippen molar-refractivity contribution in [1.82, 2.24) is 0 Å². The normalized spacial score (nSPS) is 9.93. The van der Waals surface area contributed by atoms with E-state index >= 15 is 0 Å². The molecule has 15 heavy (non-hydrogen) atoms. The molecule has 0 saturated heterocycles. The Morgan fingerprint density at radius 1 is 1.33 bits per heavy atom. The van der Waals surface area contributed by atoms with Crippen LogP contribution in [0.15, 0.2) is 24.3 Å². The van der Waals surface area contributed by atoms with Crippen LogP contribution >= 0.6 is 0 Å². The number of carbonyl (C=O) groups is 1. The minimum absolute atomic E-state index is 0.118. The molecule has 0 aliphatic rings. The van der Waals surface area contributed by atoms with Crippen LogP contribution in [0.5, 0.6) is 0 Å². The van der Waals surface area contributed by atoms with Gasteiger partial charge in [-0.3, -0.25) is 4.79 Å². The summed E-state index contributed by atoms with van der Waals surface area (Å²) in [5.74, 6) is -0.118. The highest BCUT2D eigenvalue weighted by atomic mass is 16.5. The van der Waals surface area contributed by atoms with Gasteiger partial charge in [-0.2, -0.15) is 0 Å².